The molecule has 3 N–H and O–H groups in total. The lowest BCUT2D eigenvalue weighted by Crippen LogP contribution is -2.39. The van der Waals surface area contributed by atoms with Gasteiger partial charge in [0.25, 0.3) is 5.91 Å². The standard InChI is InChI=1S/C13H19ClN2O3S/c1-4-10(8(2)3)16-13(17)12-9(14)6-5-7-11(12)20(15,18)19/h5-8,10H,4H2,1-3H3,(H,16,17)(H2,15,18,19). The molecule has 0 heterocycles. The van der Waals surface area contributed by atoms with Gasteiger partial charge in [-0.2, -0.15) is 0 Å². The number of sulfonamides is 1. The Kier molecular flexibility index (Phi) is 5.56. The summed E-state index contributed by atoms with van der Waals surface area (Å²) in [7, 11) is -4.01. The van der Waals surface area contributed by atoms with E-state index >= 15 is 0 Å². The molecular formula is C13H19ClN2O3S. The van der Waals surface area contributed by atoms with E-state index in [9.17, 15) is 13.2 Å². The van der Waals surface area contributed by atoms with E-state index in [4.69, 9.17) is 16.7 Å². The lowest BCUT2D eigenvalue weighted by Gasteiger charge is -2.21. The van der Waals surface area contributed by atoms with Crippen molar-refractivity contribution in [1.82, 2.24) is 5.32 Å². The summed E-state index contributed by atoms with van der Waals surface area (Å²) >= 11 is 5.96. The smallest absolute Gasteiger partial charge is 0.254 e. The quantitative estimate of drug-likeness (QED) is 0.871. The van der Waals surface area contributed by atoms with Crippen LogP contribution in [0, 0.1) is 5.92 Å². The van der Waals surface area contributed by atoms with Gasteiger partial charge >= 0.3 is 0 Å². The first kappa shape index (κ1) is 16.9. The van der Waals surface area contributed by atoms with Crippen LogP contribution < -0.4 is 10.5 Å². The summed E-state index contributed by atoms with van der Waals surface area (Å²) in [5.74, 6) is -0.301. The van der Waals surface area contributed by atoms with Crippen LogP contribution in [0.25, 0.3) is 0 Å². The van der Waals surface area contributed by atoms with Crippen molar-refractivity contribution in [2.24, 2.45) is 11.1 Å². The molecule has 0 spiro atoms. The van der Waals surface area contributed by atoms with E-state index < -0.39 is 15.9 Å². The lowest BCUT2D eigenvalue weighted by molar-refractivity contribution is 0.0921. The molecule has 1 atom stereocenters. The summed E-state index contributed by atoms with van der Waals surface area (Å²) in [5.41, 5.74) is -0.101. The first-order valence-corrected chi connectivity index (χ1v) is 8.23. The molecule has 1 aromatic rings. The van der Waals surface area contributed by atoms with Gasteiger partial charge in [-0.25, -0.2) is 13.6 Å². The maximum absolute atomic E-state index is 12.3. The summed E-state index contributed by atoms with van der Waals surface area (Å²) in [6.07, 6.45) is 0.735. The molecule has 112 valence electrons. The number of nitrogens with one attached hydrogen (secondary N) is 1. The summed E-state index contributed by atoms with van der Waals surface area (Å²) in [6, 6.07) is 4.11. The molecule has 0 fully saturated rings. The van der Waals surface area contributed by atoms with Crippen molar-refractivity contribution in [2.75, 3.05) is 0 Å². The van der Waals surface area contributed by atoms with Crippen molar-refractivity contribution in [3.8, 4) is 0 Å². The number of primary sulfonamides is 1. The zero-order chi connectivity index (χ0) is 15.5. The summed E-state index contributed by atoms with van der Waals surface area (Å²) in [4.78, 5) is 12.0. The Labute approximate surface area is 124 Å². The van der Waals surface area contributed by atoms with Crippen molar-refractivity contribution in [3.05, 3.63) is 28.8 Å². The SMILES string of the molecule is CCC(NC(=O)c1c(Cl)cccc1S(N)(=O)=O)C(C)C. The molecular weight excluding hydrogens is 300 g/mol. The zero-order valence-corrected chi connectivity index (χ0v) is 13.3. The van der Waals surface area contributed by atoms with Crippen LogP contribution in [0.4, 0.5) is 0 Å². The number of benzene rings is 1. The third-order valence-electron chi connectivity index (χ3n) is 3.07. The third-order valence-corrected chi connectivity index (χ3v) is 4.34. The molecule has 20 heavy (non-hydrogen) atoms. The molecule has 5 nitrogen and oxygen atoms in total. The van der Waals surface area contributed by atoms with Crippen molar-refractivity contribution < 1.29 is 13.2 Å². The fourth-order valence-electron chi connectivity index (χ4n) is 1.94. The van der Waals surface area contributed by atoms with Crippen molar-refractivity contribution in [1.29, 1.82) is 0 Å². The zero-order valence-electron chi connectivity index (χ0n) is 11.7. The van der Waals surface area contributed by atoms with E-state index in [0.717, 1.165) is 6.42 Å². The Morgan fingerprint density at radius 1 is 1.40 bits per heavy atom. The van der Waals surface area contributed by atoms with E-state index in [1.807, 2.05) is 20.8 Å². The lowest BCUT2D eigenvalue weighted by atomic mass is 10.0. The predicted molar refractivity (Wildman–Crippen MR) is 79.2 cm³/mol. The average molecular weight is 319 g/mol. The number of carbonyl (C=O) groups excluding carboxylic acids is 1. The molecule has 0 aliphatic carbocycles. The molecule has 0 aromatic heterocycles. The fraction of sp³-hybridized carbons (Fsp3) is 0.462. The van der Waals surface area contributed by atoms with Crippen molar-refractivity contribution in [2.45, 2.75) is 38.1 Å². The number of amides is 1. The minimum atomic E-state index is -4.01. The molecule has 0 bridgehead atoms. The first-order chi connectivity index (χ1) is 9.18. The molecule has 0 aliphatic heterocycles. The van der Waals surface area contributed by atoms with Gasteiger partial charge in [0, 0.05) is 6.04 Å². The molecule has 0 saturated heterocycles. The molecule has 0 saturated carbocycles. The van der Waals surface area contributed by atoms with Crippen LogP contribution in [0.1, 0.15) is 37.6 Å². The fourth-order valence-corrected chi connectivity index (χ4v) is 3.01. The molecule has 0 radical (unpaired) electrons. The Bertz CT molecular complexity index is 600. The van der Waals surface area contributed by atoms with Crippen LogP contribution in [0.5, 0.6) is 0 Å². The highest BCUT2D eigenvalue weighted by atomic mass is 35.5. The Balaban J connectivity index is 3.23. The molecule has 1 amide bonds. The van der Waals surface area contributed by atoms with Gasteiger partial charge in [0.1, 0.15) is 0 Å². The summed E-state index contributed by atoms with van der Waals surface area (Å²) in [5, 5.41) is 7.98. The number of halogens is 1. The van der Waals surface area contributed by atoms with Gasteiger partial charge in [-0.05, 0) is 24.5 Å². The highest BCUT2D eigenvalue weighted by Gasteiger charge is 2.24. The number of carbonyl (C=O) groups is 1. The normalized spacial score (nSPS) is 13.3. The first-order valence-electron chi connectivity index (χ1n) is 6.30. The van der Waals surface area contributed by atoms with Crippen molar-refractivity contribution in [3.63, 3.8) is 0 Å². The van der Waals surface area contributed by atoms with Gasteiger partial charge in [-0.15, -0.1) is 0 Å². The minimum absolute atomic E-state index is 0.0626. The van der Waals surface area contributed by atoms with Crippen LogP contribution in [0.15, 0.2) is 23.1 Å². The van der Waals surface area contributed by atoms with Crippen LogP contribution in [-0.2, 0) is 10.0 Å². The van der Waals surface area contributed by atoms with Gasteiger partial charge < -0.3 is 5.32 Å². The van der Waals surface area contributed by atoms with E-state index in [1.54, 1.807) is 0 Å². The highest BCUT2D eigenvalue weighted by Crippen LogP contribution is 2.23. The van der Waals surface area contributed by atoms with E-state index in [2.05, 4.69) is 5.32 Å². The third kappa shape index (κ3) is 3.94. The summed E-state index contributed by atoms with van der Waals surface area (Å²) in [6.45, 7) is 5.89. The Morgan fingerprint density at radius 3 is 2.45 bits per heavy atom. The monoisotopic (exact) mass is 318 g/mol. The molecule has 1 aromatic carbocycles. The number of hydrogen-bond acceptors (Lipinski definition) is 3. The van der Waals surface area contributed by atoms with E-state index in [1.165, 1.54) is 18.2 Å². The van der Waals surface area contributed by atoms with Gasteiger partial charge in [-0.1, -0.05) is 38.4 Å². The maximum Gasteiger partial charge on any atom is 0.254 e. The van der Waals surface area contributed by atoms with Crippen LogP contribution in [0.2, 0.25) is 5.02 Å². The molecule has 0 aliphatic rings. The summed E-state index contributed by atoms with van der Waals surface area (Å²) < 4.78 is 23.1. The average Bonchev–Trinajstić information content (AvgIpc) is 2.33. The second-order valence-corrected chi connectivity index (χ2v) is 6.83. The maximum atomic E-state index is 12.3. The van der Waals surface area contributed by atoms with E-state index in [0.29, 0.717) is 0 Å². The van der Waals surface area contributed by atoms with Crippen LogP contribution in [0.3, 0.4) is 0 Å². The van der Waals surface area contributed by atoms with Gasteiger partial charge in [0.2, 0.25) is 10.0 Å². The van der Waals surface area contributed by atoms with Crippen LogP contribution >= 0.6 is 11.6 Å². The highest BCUT2D eigenvalue weighted by molar-refractivity contribution is 7.89. The molecule has 1 unspecified atom stereocenters. The second-order valence-electron chi connectivity index (χ2n) is 4.89. The predicted octanol–water partition coefficient (Wildman–Crippen LogP) is 2.15. The van der Waals surface area contributed by atoms with Gasteiger partial charge in [-0.3, -0.25) is 4.79 Å². The van der Waals surface area contributed by atoms with Gasteiger partial charge in [0.15, 0.2) is 0 Å². The number of nitrogens with two attached hydrogens (primary N) is 1. The number of hydrogen-bond donors (Lipinski definition) is 2. The largest absolute Gasteiger partial charge is 0.349 e. The Morgan fingerprint density at radius 2 is 2.00 bits per heavy atom. The topological polar surface area (TPSA) is 89.3 Å². The molecule has 1 rings (SSSR count). The van der Waals surface area contributed by atoms with Crippen molar-refractivity contribution >= 4 is 27.5 Å². The number of rotatable bonds is 5. The second kappa shape index (κ2) is 6.56. The van der Waals surface area contributed by atoms with E-state index in [-0.39, 0.29) is 27.4 Å². The Hall–Kier alpha value is -1.11. The van der Waals surface area contributed by atoms with Gasteiger partial charge in [0.05, 0.1) is 15.5 Å². The molecule has 7 heteroatoms. The van der Waals surface area contributed by atoms with Crippen LogP contribution in [-0.4, -0.2) is 20.4 Å². The minimum Gasteiger partial charge on any atom is -0.349 e.